The average Bonchev–Trinajstić information content (AvgIpc) is 3.00. The highest BCUT2D eigenvalue weighted by Crippen LogP contribution is 2.30. The van der Waals surface area contributed by atoms with Gasteiger partial charge in [-0.15, -0.1) is 0 Å². The zero-order valence-electron chi connectivity index (χ0n) is 10.9. The smallest absolute Gasteiger partial charge is 0.268 e. The summed E-state index contributed by atoms with van der Waals surface area (Å²) in [5.74, 6) is -0.0344. The van der Waals surface area contributed by atoms with Crippen LogP contribution in [0.4, 0.5) is 0 Å². The topological polar surface area (TPSA) is 54.3 Å². The molecule has 4 heteroatoms. The number of nitrogens with one attached hydrogen (secondary N) is 1. The Labute approximate surface area is 108 Å². The fraction of sp³-hybridized carbons (Fsp3) is 0.643. The van der Waals surface area contributed by atoms with Crippen molar-refractivity contribution in [2.75, 3.05) is 6.61 Å². The molecule has 0 aliphatic heterocycles. The first kappa shape index (κ1) is 13.1. The Hall–Kier alpha value is -1.29. The largest absolute Gasteiger partial charge is 0.396 e. The first-order chi connectivity index (χ1) is 8.72. The number of aliphatic hydroxyl groups is 1. The summed E-state index contributed by atoms with van der Waals surface area (Å²) in [7, 11) is 0. The molecule has 1 aliphatic carbocycles. The number of aliphatic hydroxyl groups excluding tert-OH is 1. The lowest BCUT2D eigenvalue weighted by molar-refractivity contribution is 0.0923. The van der Waals surface area contributed by atoms with Gasteiger partial charge in [-0.05, 0) is 38.3 Å². The minimum atomic E-state index is -0.0344. The van der Waals surface area contributed by atoms with E-state index in [2.05, 4.69) is 9.88 Å². The van der Waals surface area contributed by atoms with Crippen molar-refractivity contribution in [2.24, 2.45) is 0 Å². The number of hydrogen-bond donors (Lipinski definition) is 2. The van der Waals surface area contributed by atoms with Crippen molar-refractivity contribution in [3.8, 4) is 0 Å². The number of nitrogens with zero attached hydrogens (tertiary/aromatic N) is 1. The maximum Gasteiger partial charge on any atom is 0.268 e. The van der Waals surface area contributed by atoms with Crippen molar-refractivity contribution in [2.45, 2.75) is 51.1 Å². The summed E-state index contributed by atoms with van der Waals surface area (Å²) in [6.07, 6.45) is 7.44. The van der Waals surface area contributed by atoms with Crippen LogP contribution in [0.2, 0.25) is 0 Å². The van der Waals surface area contributed by atoms with Gasteiger partial charge in [0, 0.05) is 24.9 Å². The van der Waals surface area contributed by atoms with Crippen LogP contribution in [0.15, 0.2) is 18.3 Å². The Balaban J connectivity index is 2.03. The highest BCUT2D eigenvalue weighted by Gasteiger charge is 2.21. The van der Waals surface area contributed by atoms with Crippen LogP contribution < -0.4 is 5.32 Å². The van der Waals surface area contributed by atoms with Crippen LogP contribution in [-0.2, 0) is 0 Å². The van der Waals surface area contributed by atoms with Crippen molar-refractivity contribution in [1.82, 2.24) is 9.88 Å². The third-order valence-corrected chi connectivity index (χ3v) is 3.67. The van der Waals surface area contributed by atoms with Gasteiger partial charge in [0.1, 0.15) is 5.69 Å². The molecule has 2 N–H and O–H groups in total. The summed E-state index contributed by atoms with van der Waals surface area (Å²) < 4.78 is 2.11. The van der Waals surface area contributed by atoms with E-state index in [1.54, 1.807) is 0 Å². The molecule has 1 aromatic rings. The molecule has 4 nitrogen and oxygen atoms in total. The van der Waals surface area contributed by atoms with Gasteiger partial charge >= 0.3 is 0 Å². The lowest BCUT2D eigenvalue weighted by Crippen LogP contribution is -2.34. The monoisotopic (exact) mass is 250 g/mol. The van der Waals surface area contributed by atoms with Crippen molar-refractivity contribution in [3.05, 3.63) is 24.0 Å². The van der Waals surface area contributed by atoms with Crippen LogP contribution in [0.1, 0.15) is 55.6 Å². The Morgan fingerprint density at radius 1 is 1.56 bits per heavy atom. The normalized spacial score (nSPS) is 17.9. The van der Waals surface area contributed by atoms with Gasteiger partial charge < -0.3 is 15.0 Å². The van der Waals surface area contributed by atoms with Gasteiger partial charge in [-0.25, -0.2) is 0 Å². The number of hydrogen-bond acceptors (Lipinski definition) is 2. The number of aromatic nitrogens is 1. The van der Waals surface area contributed by atoms with E-state index in [9.17, 15) is 4.79 Å². The highest BCUT2D eigenvalue weighted by atomic mass is 16.3. The fourth-order valence-corrected chi connectivity index (χ4v) is 2.65. The standard InChI is InChI=1S/C14H22N2O2/c1-11(8-10-17)15-14(18)13-7-4-9-16(13)12-5-2-3-6-12/h4,7,9,11-12,17H,2-3,5-6,8,10H2,1H3,(H,15,18). The second-order valence-corrected chi connectivity index (χ2v) is 5.13. The number of carbonyl (C=O) groups excluding carboxylic acids is 1. The Morgan fingerprint density at radius 2 is 2.28 bits per heavy atom. The molecule has 1 aliphatic rings. The third kappa shape index (κ3) is 2.93. The number of carbonyl (C=O) groups is 1. The predicted molar refractivity (Wildman–Crippen MR) is 70.6 cm³/mol. The molecule has 2 rings (SSSR count). The Morgan fingerprint density at radius 3 is 2.94 bits per heavy atom. The molecule has 1 atom stereocenters. The molecule has 0 spiro atoms. The summed E-state index contributed by atoms with van der Waals surface area (Å²) in [6, 6.07) is 4.30. The average molecular weight is 250 g/mol. The Kier molecular flexibility index (Phi) is 4.42. The second kappa shape index (κ2) is 6.05. The van der Waals surface area contributed by atoms with Gasteiger partial charge in [-0.2, -0.15) is 0 Å². The zero-order valence-corrected chi connectivity index (χ0v) is 10.9. The second-order valence-electron chi connectivity index (χ2n) is 5.13. The lowest BCUT2D eigenvalue weighted by Gasteiger charge is -2.18. The van der Waals surface area contributed by atoms with Gasteiger partial charge in [0.15, 0.2) is 0 Å². The molecule has 100 valence electrons. The number of rotatable bonds is 5. The van der Waals surface area contributed by atoms with Gasteiger partial charge in [0.25, 0.3) is 5.91 Å². The molecule has 0 radical (unpaired) electrons. The Bertz CT molecular complexity index is 394. The fourth-order valence-electron chi connectivity index (χ4n) is 2.65. The van der Waals surface area contributed by atoms with Crippen LogP contribution >= 0.6 is 0 Å². The van der Waals surface area contributed by atoms with Crippen LogP contribution in [0.25, 0.3) is 0 Å². The van der Waals surface area contributed by atoms with E-state index in [-0.39, 0.29) is 18.6 Å². The maximum atomic E-state index is 12.2. The molecule has 0 aromatic carbocycles. The molecule has 1 saturated carbocycles. The van der Waals surface area contributed by atoms with Gasteiger partial charge in [-0.1, -0.05) is 12.8 Å². The summed E-state index contributed by atoms with van der Waals surface area (Å²) in [4.78, 5) is 12.2. The first-order valence-electron chi connectivity index (χ1n) is 6.81. The van der Waals surface area contributed by atoms with Crippen molar-refractivity contribution in [1.29, 1.82) is 0 Å². The quantitative estimate of drug-likeness (QED) is 0.841. The summed E-state index contributed by atoms with van der Waals surface area (Å²) in [6.45, 7) is 2.02. The van der Waals surface area contributed by atoms with E-state index in [1.165, 1.54) is 25.7 Å². The van der Waals surface area contributed by atoms with E-state index in [0.29, 0.717) is 12.5 Å². The molecule has 0 bridgehead atoms. The van der Waals surface area contributed by atoms with Crippen LogP contribution in [-0.4, -0.2) is 28.2 Å². The number of amides is 1. The van der Waals surface area contributed by atoms with E-state index in [1.807, 2.05) is 25.3 Å². The molecule has 1 amide bonds. The summed E-state index contributed by atoms with van der Waals surface area (Å²) in [5.41, 5.74) is 0.742. The minimum absolute atomic E-state index is 0.00873. The van der Waals surface area contributed by atoms with Crippen LogP contribution in [0.3, 0.4) is 0 Å². The molecule has 1 fully saturated rings. The van der Waals surface area contributed by atoms with E-state index in [0.717, 1.165) is 5.69 Å². The van der Waals surface area contributed by atoms with E-state index < -0.39 is 0 Å². The highest BCUT2D eigenvalue weighted by molar-refractivity contribution is 5.93. The summed E-state index contributed by atoms with van der Waals surface area (Å²) >= 11 is 0. The predicted octanol–water partition coefficient (Wildman–Crippen LogP) is 2.10. The van der Waals surface area contributed by atoms with Gasteiger partial charge in [-0.3, -0.25) is 4.79 Å². The zero-order chi connectivity index (χ0) is 13.0. The van der Waals surface area contributed by atoms with Crippen molar-refractivity contribution < 1.29 is 9.90 Å². The van der Waals surface area contributed by atoms with Gasteiger partial charge in [0.05, 0.1) is 0 Å². The molecular weight excluding hydrogens is 228 g/mol. The van der Waals surface area contributed by atoms with E-state index >= 15 is 0 Å². The van der Waals surface area contributed by atoms with Crippen molar-refractivity contribution >= 4 is 5.91 Å². The maximum absolute atomic E-state index is 12.2. The molecule has 1 heterocycles. The third-order valence-electron chi connectivity index (χ3n) is 3.67. The molecule has 0 saturated heterocycles. The summed E-state index contributed by atoms with van der Waals surface area (Å²) in [5, 5.41) is 11.8. The SMILES string of the molecule is CC(CCO)NC(=O)c1cccn1C1CCCC1. The molecule has 1 aromatic heterocycles. The minimum Gasteiger partial charge on any atom is -0.396 e. The molecular formula is C14H22N2O2. The van der Waals surface area contributed by atoms with Crippen molar-refractivity contribution in [3.63, 3.8) is 0 Å². The van der Waals surface area contributed by atoms with Gasteiger partial charge in [0.2, 0.25) is 0 Å². The molecule has 18 heavy (non-hydrogen) atoms. The van der Waals surface area contributed by atoms with E-state index in [4.69, 9.17) is 5.11 Å². The first-order valence-corrected chi connectivity index (χ1v) is 6.81. The van der Waals surface area contributed by atoms with Crippen LogP contribution in [0, 0.1) is 0 Å². The molecule has 1 unspecified atom stereocenters. The lowest BCUT2D eigenvalue weighted by atomic mass is 10.2. The van der Waals surface area contributed by atoms with Crippen LogP contribution in [0.5, 0.6) is 0 Å².